The van der Waals surface area contributed by atoms with Crippen LogP contribution in [0.3, 0.4) is 0 Å². The Bertz CT molecular complexity index is 1050. The van der Waals surface area contributed by atoms with Gasteiger partial charge in [0.15, 0.2) is 0 Å². The van der Waals surface area contributed by atoms with Crippen LogP contribution in [0.15, 0.2) is 47.6 Å². The van der Waals surface area contributed by atoms with Crippen LogP contribution in [0.1, 0.15) is 43.2 Å². The van der Waals surface area contributed by atoms with Crippen molar-refractivity contribution in [2.24, 2.45) is 16.8 Å². The number of para-hydroxylation sites is 1. The van der Waals surface area contributed by atoms with Crippen LogP contribution in [-0.4, -0.2) is 28.6 Å². The van der Waals surface area contributed by atoms with Crippen molar-refractivity contribution in [1.82, 2.24) is 5.01 Å². The van der Waals surface area contributed by atoms with E-state index in [4.69, 9.17) is 10.5 Å². The summed E-state index contributed by atoms with van der Waals surface area (Å²) in [4.78, 5) is 12.8. The van der Waals surface area contributed by atoms with Crippen molar-refractivity contribution in [3.63, 3.8) is 0 Å². The normalized spacial score (nSPS) is 27.6. The molecular weight excluding hydrogens is 420 g/mol. The summed E-state index contributed by atoms with van der Waals surface area (Å²) < 4.78 is 34.3. The number of nitrogens with two attached hydrogens (primary N) is 1. The van der Waals surface area contributed by atoms with E-state index in [0.29, 0.717) is 36.7 Å². The number of halogens is 2. The number of rotatable bonds is 2. The van der Waals surface area contributed by atoms with E-state index in [-0.39, 0.29) is 23.4 Å². The minimum Gasteiger partial charge on any atom is -0.493 e. The van der Waals surface area contributed by atoms with E-state index in [2.05, 4.69) is 5.10 Å². The van der Waals surface area contributed by atoms with Gasteiger partial charge in [-0.25, -0.2) is 13.8 Å². The van der Waals surface area contributed by atoms with Crippen LogP contribution >= 0.6 is 11.8 Å². The number of ether oxygens (including phenoxy) is 1. The lowest BCUT2D eigenvalue weighted by Crippen LogP contribution is -2.47. The first kappa shape index (κ1) is 20.5. The van der Waals surface area contributed by atoms with Crippen molar-refractivity contribution < 1.29 is 18.3 Å². The second kappa shape index (κ2) is 7.91. The topological polar surface area (TPSA) is 67.9 Å². The molecule has 0 bridgehead atoms. The van der Waals surface area contributed by atoms with Crippen LogP contribution in [0.25, 0.3) is 0 Å². The fraction of sp³-hybridized carbons (Fsp3) is 0.391. The fourth-order valence-electron chi connectivity index (χ4n) is 4.61. The molecule has 1 spiro atoms. The summed E-state index contributed by atoms with van der Waals surface area (Å²) in [5.74, 6) is -0.718. The van der Waals surface area contributed by atoms with E-state index < -0.39 is 16.5 Å². The van der Waals surface area contributed by atoms with Gasteiger partial charge in [-0.3, -0.25) is 4.79 Å². The molecule has 0 saturated heterocycles. The Hall–Kier alpha value is -2.45. The zero-order chi connectivity index (χ0) is 21.6. The molecule has 5 nitrogen and oxygen atoms in total. The van der Waals surface area contributed by atoms with Crippen molar-refractivity contribution in [2.45, 2.75) is 43.0 Å². The molecular formula is C23H23F2N3O2S. The maximum absolute atomic E-state index is 14.6. The van der Waals surface area contributed by atoms with Crippen LogP contribution in [0.5, 0.6) is 5.75 Å². The summed E-state index contributed by atoms with van der Waals surface area (Å²) in [5.41, 5.74) is 6.91. The monoisotopic (exact) mass is 443 g/mol. The first-order valence-electron chi connectivity index (χ1n) is 10.5. The molecule has 2 aromatic carbocycles. The molecule has 31 heavy (non-hydrogen) atoms. The third-order valence-electron chi connectivity index (χ3n) is 6.29. The molecule has 5 rings (SSSR count). The molecule has 2 aromatic rings. The number of hydrogen-bond donors (Lipinski definition) is 1. The van der Waals surface area contributed by atoms with Gasteiger partial charge in [0.25, 0.3) is 0 Å². The minimum absolute atomic E-state index is 0.0642. The third kappa shape index (κ3) is 3.51. The quantitative estimate of drug-likeness (QED) is 0.749. The van der Waals surface area contributed by atoms with Gasteiger partial charge in [0.2, 0.25) is 5.91 Å². The summed E-state index contributed by atoms with van der Waals surface area (Å²) in [5, 5.41) is 6.41. The predicted octanol–water partition coefficient (Wildman–Crippen LogP) is 4.35. The molecule has 1 aliphatic carbocycles. The van der Waals surface area contributed by atoms with Gasteiger partial charge in [-0.05, 0) is 49.9 Å². The highest BCUT2D eigenvalue weighted by Crippen LogP contribution is 2.55. The van der Waals surface area contributed by atoms with Crippen LogP contribution in [0.4, 0.5) is 8.78 Å². The summed E-state index contributed by atoms with van der Waals surface area (Å²) in [6, 6.07) is 11.0. The van der Waals surface area contributed by atoms with Crippen LogP contribution in [-0.2, 0) is 9.67 Å². The molecule has 1 unspecified atom stereocenters. The lowest BCUT2D eigenvalue weighted by atomic mass is 9.85. The van der Waals surface area contributed by atoms with E-state index in [0.717, 1.165) is 36.6 Å². The number of hydrazone groups is 1. The molecule has 0 aromatic heterocycles. The standard InChI is InChI=1S/C23H23F2N3O2S/c24-15-7-10-19(25)17(13-15)21-27-28(22(29)14-5-8-16(26)9-6-14)23(31-21)11-12-30-20-4-2-1-3-18(20)23/h1-4,7,10,13-14,16H,5-6,8-9,11-12,26H2. The Morgan fingerprint density at radius 3 is 2.74 bits per heavy atom. The van der Waals surface area contributed by atoms with E-state index in [1.165, 1.54) is 16.8 Å². The second-order valence-corrected chi connectivity index (χ2v) is 9.54. The van der Waals surface area contributed by atoms with Gasteiger partial charge in [-0.15, -0.1) is 0 Å². The highest BCUT2D eigenvalue weighted by Gasteiger charge is 2.53. The smallest absolute Gasteiger partial charge is 0.247 e. The van der Waals surface area contributed by atoms with Crippen molar-refractivity contribution in [2.75, 3.05) is 6.61 Å². The van der Waals surface area contributed by atoms with Crippen molar-refractivity contribution in [3.8, 4) is 5.75 Å². The van der Waals surface area contributed by atoms with Crippen molar-refractivity contribution in [3.05, 3.63) is 65.2 Å². The number of benzene rings is 2. The van der Waals surface area contributed by atoms with Gasteiger partial charge < -0.3 is 10.5 Å². The maximum atomic E-state index is 14.6. The Morgan fingerprint density at radius 1 is 1.16 bits per heavy atom. The lowest BCUT2D eigenvalue weighted by Gasteiger charge is -2.41. The first-order valence-corrected chi connectivity index (χ1v) is 11.3. The Morgan fingerprint density at radius 2 is 1.94 bits per heavy atom. The zero-order valence-corrected chi connectivity index (χ0v) is 17.7. The van der Waals surface area contributed by atoms with E-state index >= 15 is 0 Å². The van der Waals surface area contributed by atoms with E-state index in [9.17, 15) is 13.6 Å². The van der Waals surface area contributed by atoms with Crippen LogP contribution in [0, 0.1) is 17.6 Å². The molecule has 0 radical (unpaired) electrons. The Balaban J connectivity index is 1.59. The summed E-state index contributed by atoms with van der Waals surface area (Å²) >= 11 is 1.30. The second-order valence-electron chi connectivity index (χ2n) is 8.27. The number of amides is 1. The van der Waals surface area contributed by atoms with Gasteiger partial charge in [0.05, 0.1) is 6.61 Å². The number of hydrogen-bond acceptors (Lipinski definition) is 5. The van der Waals surface area contributed by atoms with Gasteiger partial charge in [0.1, 0.15) is 27.3 Å². The summed E-state index contributed by atoms with van der Waals surface area (Å²) in [6.45, 7) is 0.401. The zero-order valence-electron chi connectivity index (χ0n) is 16.9. The highest BCUT2D eigenvalue weighted by molar-refractivity contribution is 8.15. The van der Waals surface area contributed by atoms with Crippen molar-refractivity contribution >= 4 is 22.7 Å². The first-order chi connectivity index (χ1) is 15.0. The number of carbonyl (C=O) groups excluding carboxylic acids is 1. The van der Waals surface area contributed by atoms with Gasteiger partial charge >= 0.3 is 0 Å². The predicted molar refractivity (Wildman–Crippen MR) is 115 cm³/mol. The van der Waals surface area contributed by atoms with E-state index in [1.54, 1.807) is 0 Å². The molecule has 2 N–H and O–H groups in total. The minimum atomic E-state index is -0.848. The fourth-order valence-corrected chi connectivity index (χ4v) is 6.00. The molecule has 1 fully saturated rings. The van der Waals surface area contributed by atoms with Gasteiger partial charge in [-0.2, -0.15) is 5.10 Å². The maximum Gasteiger partial charge on any atom is 0.247 e. The summed E-state index contributed by atoms with van der Waals surface area (Å²) in [6.07, 6.45) is 3.48. The largest absolute Gasteiger partial charge is 0.493 e. The molecule has 8 heteroatoms. The van der Waals surface area contributed by atoms with Gasteiger partial charge in [0, 0.05) is 29.5 Å². The Labute approximate surface area is 183 Å². The molecule has 3 aliphatic rings. The molecule has 1 amide bonds. The molecule has 1 atom stereocenters. The average Bonchev–Trinajstić information content (AvgIpc) is 3.15. The average molecular weight is 444 g/mol. The highest BCUT2D eigenvalue weighted by atomic mass is 32.2. The number of carbonyl (C=O) groups is 1. The molecule has 1 saturated carbocycles. The van der Waals surface area contributed by atoms with Gasteiger partial charge in [-0.1, -0.05) is 30.0 Å². The number of thioether (sulfide) groups is 1. The third-order valence-corrected chi connectivity index (χ3v) is 7.72. The molecule has 2 aliphatic heterocycles. The number of nitrogens with zero attached hydrogens (tertiary/aromatic N) is 2. The summed E-state index contributed by atoms with van der Waals surface area (Å²) in [7, 11) is 0. The lowest BCUT2D eigenvalue weighted by molar-refractivity contribution is -0.141. The van der Waals surface area contributed by atoms with E-state index in [1.807, 2.05) is 24.3 Å². The SMILES string of the molecule is NC1CCC(C(=O)N2N=C(c3cc(F)ccc3F)SC23CCOc2ccccc23)CC1. The van der Waals surface area contributed by atoms with Crippen LogP contribution in [0.2, 0.25) is 0 Å². The number of fused-ring (bicyclic) bond motifs is 2. The van der Waals surface area contributed by atoms with Crippen molar-refractivity contribution in [1.29, 1.82) is 0 Å². The molecule has 162 valence electrons. The molecule has 2 heterocycles. The van der Waals surface area contributed by atoms with Crippen LogP contribution < -0.4 is 10.5 Å². The Kier molecular flexibility index (Phi) is 5.22.